The molecule has 0 aliphatic heterocycles. The van der Waals surface area contributed by atoms with Gasteiger partial charge >= 0.3 is 0 Å². The van der Waals surface area contributed by atoms with Crippen LogP contribution in [0.5, 0.6) is 5.75 Å². The van der Waals surface area contributed by atoms with Crippen molar-refractivity contribution >= 4 is 6.08 Å². The third-order valence-corrected chi connectivity index (χ3v) is 1.79. The maximum atomic E-state index is 9.05. The van der Waals surface area contributed by atoms with Gasteiger partial charge in [-0.05, 0) is 24.6 Å². The number of aliphatic hydroxyl groups excluding tert-OH is 1. The van der Waals surface area contributed by atoms with Gasteiger partial charge in [0.15, 0.2) is 0 Å². The number of rotatable bonds is 4. The maximum absolute atomic E-state index is 9.05. The van der Waals surface area contributed by atoms with Crippen molar-refractivity contribution in [3.63, 3.8) is 0 Å². The van der Waals surface area contributed by atoms with Crippen molar-refractivity contribution in [3.8, 4) is 5.75 Å². The molecule has 0 aliphatic rings. The van der Waals surface area contributed by atoms with Crippen LogP contribution in [0, 0.1) is 0 Å². The van der Waals surface area contributed by atoms with Crippen LogP contribution in [0.3, 0.4) is 0 Å². The molecule has 0 aliphatic carbocycles. The Kier molecular flexibility index (Phi) is 3.53. The minimum absolute atomic E-state index is 0.00296. The van der Waals surface area contributed by atoms with Crippen LogP contribution in [0.2, 0.25) is 0 Å². The molecular formula is C11H14O2. The van der Waals surface area contributed by atoms with Crippen LogP contribution >= 0.6 is 0 Å². The second-order valence-corrected chi connectivity index (χ2v) is 2.66. The van der Waals surface area contributed by atoms with Gasteiger partial charge in [-0.15, -0.1) is 0 Å². The van der Waals surface area contributed by atoms with Gasteiger partial charge in [0.1, 0.15) is 5.75 Å². The third kappa shape index (κ3) is 2.33. The average molecular weight is 178 g/mol. The van der Waals surface area contributed by atoms with E-state index in [-0.39, 0.29) is 6.61 Å². The number of hydrogen-bond acceptors (Lipinski definition) is 2. The Hall–Kier alpha value is -1.28. The minimum Gasteiger partial charge on any atom is -0.494 e. The summed E-state index contributed by atoms with van der Waals surface area (Å²) in [5.74, 6) is 0.746. The van der Waals surface area contributed by atoms with E-state index >= 15 is 0 Å². The minimum atomic E-state index is -0.00296. The van der Waals surface area contributed by atoms with Crippen LogP contribution in [0.1, 0.15) is 18.1 Å². The van der Waals surface area contributed by atoms with Gasteiger partial charge in [0.25, 0.3) is 0 Å². The Labute approximate surface area is 78.5 Å². The SMILES string of the molecule is C=Cc1ccc(OCC)c(CO)c1. The van der Waals surface area contributed by atoms with Gasteiger partial charge in [0.05, 0.1) is 13.2 Å². The van der Waals surface area contributed by atoms with Gasteiger partial charge in [0.2, 0.25) is 0 Å². The summed E-state index contributed by atoms with van der Waals surface area (Å²) >= 11 is 0. The molecule has 0 saturated carbocycles. The van der Waals surface area contributed by atoms with E-state index in [1.165, 1.54) is 0 Å². The number of ether oxygens (including phenoxy) is 1. The van der Waals surface area contributed by atoms with Gasteiger partial charge in [0, 0.05) is 5.56 Å². The fraction of sp³-hybridized carbons (Fsp3) is 0.273. The maximum Gasteiger partial charge on any atom is 0.124 e. The summed E-state index contributed by atoms with van der Waals surface area (Å²) in [5.41, 5.74) is 1.80. The molecule has 0 saturated heterocycles. The Morgan fingerprint density at radius 3 is 2.85 bits per heavy atom. The molecule has 13 heavy (non-hydrogen) atoms. The topological polar surface area (TPSA) is 29.5 Å². The summed E-state index contributed by atoms with van der Waals surface area (Å²) in [6, 6.07) is 5.64. The van der Waals surface area contributed by atoms with Crippen molar-refractivity contribution in [2.75, 3.05) is 6.61 Å². The summed E-state index contributed by atoms with van der Waals surface area (Å²) in [5, 5.41) is 9.05. The smallest absolute Gasteiger partial charge is 0.124 e. The molecule has 1 rings (SSSR count). The fourth-order valence-corrected chi connectivity index (χ4v) is 1.15. The molecule has 0 amide bonds. The van der Waals surface area contributed by atoms with Crippen molar-refractivity contribution < 1.29 is 9.84 Å². The highest BCUT2D eigenvalue weighted by Gasteiger charge is 2.01. The fourth-order valence-electron chi connectivity index (χ4n) is 1.15. The molecule has 0 aromatic heterocycles. The second-order valence-electron chi connectivity index (χ2n) is 2.66. The molecule has 0 heterocycles. The third-order valence-electron chi connectivity index (χ3n) is 1.79. The van der Waals surface area contributed by atoms with Crippen molar-refractivity contribution in [2.24, 2.45) is 0 Å². The zero-order valence-electron chi connectivity index (χ0n) is 7.79. The second kappa shape index (κ2) is 4.67. The van der Waals surface area contributed by atoms with Gasteiger partial charge < -0.3 is 9.84 Å². The van der Waals surface area contributed by atoms with Gasteiger partial charge in [-0.25, -0.2) is 0 Å². The highest BCUT2D eigenvalue weighted by atomic mass is 16.5. The van der Waals surface area contributed by atoms with E-state index in [1.54, 1.807) is 6.08 Å². The highest BCUT2D eigenvalue weighted by Crippen LogP contribution is 2.20. The lowest BCUT2D eigenvalue weighted by Crippen LogP contribution is -1.96. The van der Waals surface area contributed by atoms with E-state index in [4.69, 9.17) is 9.84 Å². The lowest BCUT2D eigenvalue weighted by molar-refractivity contribution is 0.267. The van der Waals surface area contributed by atoms with Crippen LogP contribution in [-0.4, -0.2) is 11.7 Å². The zero-order chi connectivity index (χ0) is 9.68. The summed E-state index contributed by atoms with van der Waals surface area (Å²) in [6.45, 7) is 6.19. The van der Waals surface area contributed by atoms with Crippen molar-refractivity contribution in [1.29, 1.82) is 0 Å². The van der Waals surface area contributed by atoms with E-state index < -0.39 is 0 Å². The zero-order valence-corrected chi connectivity index (χ0v) is 7.79. The van der Waals surface area contributed by atoms with Crippen LogP contribution in [0.4, 0.5) is 0 Å². The Bertz CT molecular complexity index is 292. The van der Waals surface area contributed by atoms with Crippen LogP contribution in [-0.2, 0) is 6.61 Å². The summed E-state index contributed by atoms with van der Waals surface area (Å²) in [4.78, 5) is 0. The van der Waals surface area contributed by atoms with Crippen molar-refractivity contribution in [1.82, 2.24) is 0 Å². The quantitative estimate of drug-likeness (QED) is 0.766. The number of aliphatic hydroxyl groups is 1. The lowest BCUT2D eigenvalue weighted by atomic mass is 10.1. The highest BCUT2D eigenvalue weighted by molar-refractivity contribution is 5.51. The first-order chi connectivity index (χ1) is 6.31. The van der Waals surface area contributed by atoms with E-state index in [2.05, 4.69) is 6.58 Å². The number of hydrogen-bond donors (Lipinski definition) is 1. The predicted molar refractivity (Wildman–Crippen MR) is 53.6 cm³/mol. The molecule has 0 radical (unpaired) electrons. The molecular weight excluding hydrogens is 164 g/mol. The van der Waals surface area contributed by atoms with Gasteiger partial charge in [-0.3, -0.25) is 0 Å². The number of benzene rings is 1. The van der Waals surface area contributed by atoms with Crippen molar-refractivity contribution in [3.05, 3.63) is 35.9 Å². The van der Waals surface area contributed by atoms with E-state index in [0.29, 0.717) is 6.61 Å². The molecule has 1 aromatic carbocycles. The summed E-state index contributed by atoms with van der Waals surface area (Å²) < 4.78 is 5.33. The van der Waals surface area contributed by atoms with Crippen LogP contribution < -0.4 is 4.74 Å². The first-order valence-corrected chi connectivity index (χ1v) is 4.30. The molecule has 70 valence electrons. The van der Waals surface area contributed by atoms with Crippen LogP contribution in [0.15, 0.2) is 24.8 Å². The molecule has 2 nitrogen and oxygen atoms in total. The Balaban J connectivity index is 3.00. The van der Waals surface area contributed by atoms with Gasteiger partial charge in [-0.1, -0.05) is 18.7 Å². The Morgan fingerprint density at radius 2 is 2.31 bits per heavy atom. The first kappa shape index (κ1) is 9.81. The molecule has 1 aromatic rings. The molecule has 0 spiro atoms. The van der Waals surface area contributed by atoms with Gasteiger partial charge in [-0.2, -0.15) is 0 Å². The monoisotopic (exact) mass is 178 g/mol. The molecule has 0 bridgehead atoms. The predicted octanol–water partition coefficient (Wildman–Crippen LogP) is 2.22. The summed E-state index contributed by atoms with van der Waals surface area (Å²) in [7, 11) is 0. The van der Waals surface area contributed by atoms with E-state index in [1.807, 2.05) is 25.1 Å². The molecule has 0 atom stereocenters. The van der Waals surface area contributed by atoms with Crippen LogP contribution in [0.25, 0.3) is 6.08 Å². The average Bonchev–Trinajstić information content (AvgIpc) is 2.19. The summed E-state index contributed by atoms with van der Waals surface area (Å²) in [6.07, 6.45) is 1.74. The largest absolute Gasteiger partial charge is 0.494 e. The van der Waals surface area contributed by atoms with Crippen molar-refractivity contribution in [2.45, 2.75) is 13.5 Å². The first-order valence-electron chi connectivity index (χ1n) is 4.30. The Morgan fingerprint density at radius 1 is 1.54 bits per heavy atom. The lowest BCUT2D eigenvalue weighted by Gasteiger charge is -2.08. The standard InChI is InChI=1S/C11H14O2/c1-3-9-5-6-11(13-4-2)10(7-9)8-12/h3,5-7,12H,1,4,8H2,2H3. The normalized spacial score (nSPS) is 9.69. The molecule has 1 N–H and O–H groups in total. The van der Waals surface area contributed by atoms with E-state index in [0.717, 1.165) is 16.9 Å². The molecule has 2 heteroatoms. The molecule has 0 unspecified atom stereocenters. The molecule has 0 fully saturated rings. The van der Waals surface area contributed by atoms with E-state index in [9.17, 15) is 0 Å².